The third-order valence-electron chi connectivity index (χ3n) is 1.95. The minimum Gasteiger partial charge on any atom is -0.493 e. The Balaban J connectivity index is 3.25. The Morgan fingerprint density at radius 3 is 2.59 bits per heavy atom. The summed E-state index contributed by atoms with van der Waals surface area (Å²) >= 11 is 5.74. The minimum atomic E-state index is -1.10. The average molecular weight is 261 g/mol. The fourth-order valence-electron chi connectivity index (χ4n) is 1.24. The lowest BCUT2D eigenvalue weighted by Gasteiger charge is -2.09. The molecule has 0 saturated carbocycles. The monoisotopic (exact) mass is 260 g/mol. The van der Waals surface area contributed by atoms with Gasteiger partial charge in [-0.15, -0.1) is 0 Å². The number of hydrogen-bond acceptors (Lipinski definition) is 4. The minimum absolute atomic E-state index is 0.0415. The predicted octanol–water partition coefficient (Wildman–Crippen LogP) is 2.23. The van der Waals surface area contributed by atoms with Crippen molar-refractivity contribution in [1.29, 1.82) is 0 Å². The third-order valence-corrected chi connectivity index (χ3v) is 2.27. The standard InChI is InChI=1S/C11H10ClFO4/c1-3-17-11(15)9(14)8-6(12)4-5-7(13)10(8)16-2/h4-5H,3H2,1-2H3. The summed E-state index contributed by atoms with van der Waals surface area (Å²) in [5.74, 6) is -3.27. The molecule has 0 saturated heterocycles. The van der Waals surface area contributed by atoms with E-state index >= 15 is 0 Å². The summed E-state index contributed by atoms with van der Waals surface area (Å²) in [7, 11) is 1.18. The summed E-state index contributed by atoms with van der Waals surface area (Å²) in [5, 5.41) is -0.0682. The van der Waals surface area contributed by atoms with Gasteiger partial charge in [0.25, 0.3) is 5.78 Å². The number of ketones is 1. The predicted molar refractivity (Wildman–Crippen MR) is 58.9 cm³/mol. The first kappa shape index (κ1) is 13.4. The normalized spacial score (nSPS) is 9.88. The van der Waals surface area contributed by atoms with Crippen LogP contribution in [0.5, 0.6) is 5.75 Å². The van der Waals surface area contributed by atoms with E-state index < -0.39 is 17.6 Å². The van der Waals surface area contributed by atoms with Gasteiger partial charge >= 0.3 is 5.97 Å². The van der Waals surface area contributed by atoms with E-state index in [2.05, 4.69) is 4.74 Å². The van der Waals surface area contributed by atoms with Crippen LogP contribution in [0, 0.1) is 5.82 Å². The molecule has 1 rings (SSSR count). The maximum atomic E-state index is 13.4. The van der Waals surface area contributed by atoms with Gasteiger partial charge in [0.15, 0.2) is 11.6 Å². The second-order valence-electron chi connectivity index (χ2n) is 2.99. The molecule has 0 bridgehead atoms. The first-order chi connectivity index (χ1) is 8.02. The third kappa shape index (κ3) is 2.74. The molecule has 0 fully saturated rings. The Labute approximate surface area is 102 Å². The molecule has 0 aliphatic heterocycles. The highest BCUT2D eigenvalue weighted by molar-refractivity contribution is 6.46. The van der Waals surface area contributed by atoms with Gasteiger partial charge in [-0.05, 0) is 19.1 Å². The SMILES string of the molecule is CCOC(=O)C(=O)c1c(Cl)ccc(F)c1OC. The molecular formula is C11H10ClFO4. The number of esters is 1. The first-order valence-corrected chi connectivity index (χ1v) is 5.14. The molecule has 0 radical (unpaired) electrons. The van der Waals surface area contributed by atoms with Gasteiger partial charge in [-0.25, -0.2) is 9.18 Å². The van der Waals surface area contributed by atoms with E-state index in [0.29, 0.717) is 0 Å². The van der Waals surface area contributed by atoms with Crippen molar-refractivity contribution in [2.24, 2.45) is 0 Å². The number of halogens is 2. The maximum Gasteiger partial charge on any atom is 0.379 e. The van der Waals surface area contributed by atoms with Crippen LogP contribution in [0.15, 0.2) is 12.1 Å². The Hall–Kier alpha value is -1.62. The van der Waals surface area contributed by atoms with Crippen molar-refractivity contribution in [2.45, 2.75) is 6.92 Å². The molecule has 0 atom stereocenters. The quantitative estimate of drug-likeness (QED) is 0.473. The number of benzene rings is 1. The zero-order chi connectivity index (χ0) is 13.0. The van der Waals surface area contributed by atoms with E-state index in [9.17, 15) is 14.0 Å². The first-order valence-electron chi connectivity index (χ1n) is 4.76. The van der Waals surface area contributed by atoms with Crippen molar-refractivity contribution in [1.82, 2.24) is 0 Å². The number of rotatable bonds is 4. The summed E-state index contributed by atoms with van der Waals surface area (Å²) in [6, 6.07) is 2.22. The highest BCUT2D eigenvalue weighted by Crippen LogP contribution is 2.30. The van der Waals surface area contributed by atoms with Gasteiger partial charge in [0, 0.05) is 0 Å². The van der Waals surface area contributed by atoms with Crippen molar-refractivity contribution in [2.75, 3.05) is 13.7 Å². The van der Waals surface area contributed by atoms with Crippen LogP contribution in [-0.2, 0) is 9.53 Å². The van der Waals surface area contributed by atoms with Gasteiger partial charge in [-0.1, -0.05) is 11.6 Å². The molecule has 1 aromatic rings. The fourth-order valence-corrected chi connectivity index (χ4v) is 1.48. The molecule has 17 heavy (non-hydrogen) atoms. The Bertz CT molecular complexity index is 459. The number of carbonyl (C=O) groups is 2. The fraction of sp³-hybridized carbons (Fsp3) is 0.273. The number of methoxy groups -OCH3 is 1. The van der Waals surface area contributed by atoms with E-state index in [-0.39, 0.29) is 22.9 Å². The zero-order valence-corrected chi connectivity index (χ0v) is 10.0. The van der Waals surface area contributed by atoms with E-state index in [1.54, 1.807) is 6.92 Å². The second kappa shape index (κ2) is 5.63. The summed E-state index contributed by atoms with van der Waals surface area (Å²) in [4.78, 5) is 22.9. The molecule has 0 aliphatic carbocycles. The van der Waals surface area contributed by atoms with Gasteiger partial charge in [0.05, 0.1) is 24.3 Å². The Kier molecular flexibility index (Phi) is 4.45. The van der Waals surface area contributed by atoms with Gasteiger partial charge in [-0.2, -0.15) is 0 Å². The topological polar surface area (TPSA) is 52.6 Å². The van der Waals surface area contributed by atoms with Crippen LogP contribution in [0.1, 0.15) is 17.3 Å². The lowest BCUT2D eigenvalue weighted by Crippen LogP contribution is -2.19. The van der Waals surface area contributed by atoms with Crippen LogP contribution in [-0.4, -0.2) is 25.5 Å². The molecule has 0 N–H and O–H groups in total. The summed E-state index contributed by atoms with van der Waals surface area (Å²) < 4.78 is 22.6. The Morgan fingerprint density at radius 1 is 1.41 bits per heavy atom. The van der Waals surface area contributed by atoms with Crippen molar-refractivity contribution >= 4 is 23.4 Å². The molecule has 1 aromatic carbocycles. The zero-order valence-electron chi connectivity index (χ0n) is 9.25. The number of hydrogen-bond donors (Lipinski definition) is 0. The van der Waals surface area contributed by atoms with E-state index in [1.165, 1.54) is 13.2 Å². The molecule has 0 unspecified atom stereocenters. The number of carbonyl (C=O) groups excluding carboxylic acids is 2. The van der Waals surface area contributed by atoms with Gasteiger partial charge < -0.3 is 9.47 Å². The molecule has 0 amide bonds. The van der Waals surface area contributed by atoms with E-state index in [4.69, 9.17) is 16.3 Å². The van der Waals surface area contributed by atoms with Crippen LogP contribution < -0.4 is 4.74 Å². The molecule has 0 aliphatic rings. The molecule has 0 heterocycles. The molecule has 92 valence electrons. The second-order valence-corrected chi connectivity index (χ2v) is 3.39. The van der Waals surface area contributed by atoms with E-state index in [1.807, 2.05) is 0 Å². The lowest BCUT2D eigenvalue weighted by molar-refractivity contribution is -0.137. The van der Waals surface area contributed by atoms with Crippen LogP contribution in [0.3, 0.4) is 0 Å². The van der Waals surface area contributed by atoms with Crippen LogP contribution in [0.4, 0.5) is 4.39 Å². The Morgan fingerprint density at radius 2 is 2.06 bits per heavy atom. The summed E-state index contributed by atoms with van der Waals surface area (Å²) in [6.07, 6.45) is 0. The number of Topliss-reactive ketones (excluding diaryl/α,β-unsaturated/α-hetero) is 1. The van der Waals surface area contributed by atoms with Crippen LogP contribution >= 0.6 is 11.6 Å². The smallest absolute Gasteiger partial charge is 0.379 e. The van der Waals surface area contributed by atoms with Crippen LogP contribution in [0.25, 0.3) is 0 Å². The largest absolute Gasteiger partial charge is 0.493 e. The highest BCUT2D eigenvalue weighted by atomic mass is 35.5. The maximum absolute atomic E-state index is 13.4. The lowest BCUT2D eigenvalue weighted by atomic mass is 10.1. The number of ether oxygens (including phenoxy) is 2. The summed E-state index contributed by atoms with van der Waals surface area (Å²) in [5.41, 5.74) is -0.326. The molecule has 0 spiro atoms. The van der Waals surface area contributed by atoms with Crippen molar-refractivity contribution < 1.29 is 23.5 Å². The van der Waals surface area contributed by atoms with Gasteiger partial charge in [-0.3, -0.25) is 4.79 Å². The van der Waals surface area contributed by atoms with Crippen molar-refractivity contribution in [3.63, 3.8) is 0 Å². The molecule has 0 aromatic heterocycles. The van der Waals surface area contributed by atoms with Crippen molar-refractivity contribution in [3.8, 4) is 5.75 Å². The molecular weight excluding hydrogens is 251 g/mol. The van der Waals surface area contributed by atoms with E-state index in [0.717, 1.165) is 6.07 Å². The molecule has 4 nitrogen and oxygen atoms in total. The van der Waals surface area contributed by atoms with Crippen molar-refractivity contribution in [3.05, 3.63) is 28.5 Å². The van der Waals surface area contributed by atoms with Gasteiger partial charge in [0.2, 0.25) is 0 Å². The average Bonchev–Trinajstić information content (AvgIpc) is 2.31. The molecule has 6 heteroatoms. The summed E-state index contributed by atoms with van der Waals surface area (Å²) in [6.45, 7) is 1.59. The van der Waals surface area contributed by atoms with Gasteiger partial charge in [0.1, 0.15) is 0 Å². The van der Waals surface area contributed by atoms with Crippen LogP contribution in [0.2, 0.25) is 5.02 Å². The highest BCUT2D eigenvalue weighted by Gasteiger charge is 2.26.